The second-order valence-electron chi connectivity index (χ2n) is 3.96. The summed E-state index contributed by atoms with van der Waals surface area (Å²) in [6.45, 7) is 2.63. The predicted octanol–water partition coefficient (Wildman–Crippen LogP) is 2.32. The van der Waals surface area contributed by atoms with Crippen molar-refractivity contribution in [3.05, 3.63) is 53.7 Å². The second-order valence-corrected chi connectivity index (χ2v) is 3.96. The highest BCUT2D eigenvalue weighted by Crippen LogP contribution is 2.27. The van der Waals surface area contributed by atoms with Crippen LogP contribution in [-0.4, -0.2) is 23.6 Å². The predicted molar refractivity (Wildman–Crippen MR) is 70.5 cm³/mol. The van der Waals surface area contributed by atoms with Crippen molar-refractivity contribution in [1.29, 1.82) is 0 Å². The molecule has 0 aliphatic carbocycles. The molecule has 0 radical (unpaired) electrons. The number of ether oxygens (including phenoxy) is 1. The molecule has 1 aromatic carbocycles. The van der Waals surface area contributed by atoms with Gasteiger partial charge in [-0.15, -0.1) is 0 Å². The van der Waals surface area contributed by atoms with E-state index >= 15 is 0 Å². The van der Waals surface area contributed by atoms with Gasteiger partial charge < -0.3 is 10.1 Å². The maximum absolute atomic E-state index is 14.0. The van der Waals surface area contributed by atoms with Crippen molar-refractivity contribution in [2.45, 2.75) is 13.0 Å². The van der Waals surface area contributed by atoms with Gasteiger partial charge in [0.2, 0.25) is 5.88 Å². The van der Waals surface area contributed by atoms with Gasteiger partial charge in [0.1, 0.15) is 11.5 Å². The summed E-state index contributed by atoms with van der Waals surface area (Å²) in [5, 5.41) is 3.21. The Hall–Kier alpha value is -2.01. The fraction of sp³-hybridized carbons (Fsp3) is 0.286. The molecule has 2 rings (SSSR count). The van der Waals surface area contributed by atoms with Crippen molar-refractivity contribution < 1.29 is 9.13 Å². The third kappa shape index (κ3) is 2.88. The number of rotatable bonds is 5. The maximum atomic E-state index is 14.0. The van der Waals surface area contributed by atoms with Crippen LogP contribution >= 0.6 is 0 Å². The van der Waals surface area contributed by atoms with E-state index in [0.717, 1.165) is 0 Å². The van der Waals surface area contributed by atoms with E-state index < -0.39 is 0 Å². The topological polar surface area (TPSA) is 47.0 Å². The van der Waals surface area contributed by atoms with E-state index in [4.69, 9.17) is 4.74 Å². The molecule has 0 saturated heterocycles. The molecule has 4 nitrogen and oxygen atoms in total. The summed E-state index contributed by atoms with van der Waals surface area (Å²) in [7, 11) is 1.53. The van der Waals surface area contributed by atoms with Crippen molar-refractivity contribution >= 4 is 0 Å². The number of hydrogen-bond acceptors (Lipinski definition) is 4. The molecule has 0 aliphatic heterocycles. The highest BCUT2D eigenvalue weighted by atomic mass is 19.1. The molecule has 1 N–H and O–H groups in total. The van der Waals surface area contributed by atoms with Gasteiger partial charge in [0.05, 0.1) is 13.2 Å². The van der Waals surface area contributed by atoms with Crippen LogP contribution < -0.4 is 10.1 Å². The number of benzene rings is 1. The van der Waals surface area contributed by atoms with Gasteiger partial charge in [-0.1, -0.05) is 25.1 Å². The molecule has 0 spiro atoms. The van der Waals surface area contributed by atoms with E-state index in [1.807, 2.05) is 6.92 Å². The molecule has 100 valence electrons. The number of hydrogen-bond donors (Lipinski definition) is 1. The average molecular weight is 261 g/mol. The van der Waals surface area contributed by atoms with Gasteiger partial charge in [-0.05, 0) is 12.6 Å². The van der Waals surface area contributed by atoms with Crippen LogP contribution in [0.4, 0.5) is 4.39 Å². The van der Waals surface area contributed by atoms with Gasteiger partial charge in [-0.25, -0.2) is 9.37 Å². The lowest BCUT2D eigenvalue weighted by Gasteiger charge is -2.19. The van der Waals surface area contributed by atoms with Crippen LogP contribution in [0.15, 0.2) is 36.7 Å². The van der Waals surface area contributed by atoms with Crippen molar-refractivity contribution in [3.8, 4) is 5.88 Å². The molecule has 0 bridgehead atoms. The fourth-order valence-electron chi connectivity index (χ4n) is 1.96. The lowest BCUT2D eigenvalue weighted by Crippen LogP contribution is -2.24. The lowest BCUT2D eigenvalue weighted by atomic mass is 10.0. The van der Waals surface area contributed by atoms with Gasteiger partial charge in [-0.2, -0.15) is 0 Å². The number of nitrogens with zero attached hydrogens (tertiary/aromatic N) is 2. The molecule has 1 atom stereocenters. The largest absolute Gasteiger partial charge is 0.480 e. The van der Waals surface area contributed by atoms with E-state index in [1.165, 1.54) is 13.2 Å². The summed E-state index contributed by atoms with van der Waals surface area (Å²) in [6, 6.07) is 6.25. The number of nitrogens with one attached hydrogen (secondary N) is 1. The molecule has 5 heteroatoms. The summed E-state index contributed by atoms with van der Waals surface area (Å²) < 4.78 is 19.2. The highest BCUT2D eigenvalue weighted by molar-refractivity contribution is 5.33. The average Bonchev–Trinajstić information content (AvgIpc) is 2.46. The zero-order valence-corrected chi connectivity index (χ0v) is 10.9. The first-order chi connectivity index (χ1) is 9.27. The van der Waals surface area contributed by atoms with E-state index in [2.05, 4.69) is 15.3 Å². The summed E-state index contributed by atoms with van der Waals surface area (Å²) >= 11 is 0. The first-order valence-corrected chi connectivity index (χ1v) is 6.10. The van der Waals surface area contributed by atoms with Crippen LogP contribution in [0.1, 0.15) is 24.2 Å². The van der Waals surface area contributed by atoms with Crippen LogP contribution in [0.25, 0.3) is 0 Å². The van der Waals surface area contributed by atoms with Crippen LogP contribution in [0, 0.1) is 5.82 Å². The lowest BCUT2D eigenvalue weighted by molar-refractivity contribution is 0.382. The smallest absolute Gasteiger partial charge is 0.237 e. The first kappa shape index (κ1) is 13.4. The first-order valence-electron chi connectivity index (χ1n) is 6.10. The van der Waals surface area contributed by atoms with E-state index in [1.54, 1.807) is 30.6 Å². The maximum Gasteiger partial charge on any atom is 0.237 e. The van der Waals surface area contributed by atoms with Crippen molar-refractivity contribution in [3.63, 3.8) is 0 Å². The quantitative estimate of drug-likeness (QED) is 0.897. The van der Waals surface area contributed by atoms with Crippen molar-refractivity contribution in [1.82, 2.24) is 15.3 Å². The van der Waals surface area contributed by atoms with Gasteiger partial charge in [0.25, 0.3) is 0 Å². The molecule has 19 heavy (non-hydrogen) atoms. The van der Waals surface area contributed by atoms with E-state index in [9.17, 15) is 4.39 Å². The summed E-state index contributed by atoms with van der Waals surface area (Å²) in [4.78, 5) is 8.38. The molecule has 2 aromatic rings. The molecular formula is C14H16FN3O. The van der Waals surface area contributed by atoms with Crippen LogP contribution in [0.5, 0.6) is 5.88 Å². The van der Waals surface area contributed by atoms with Gasteiger partial charge in [0, 0.05) is 18.0 Å². The summed E-state index contributed by atoms with van der Waals surface area (Å²) in [5.74, 6) is 0.123. The zero-order valence-electron chi connectivity index (χ0n) is 10.9. The van der Waals surface area contributed by atoms with Crippen LogP contribution in [0.2, 0.25) is 0 Å². The Kier molecular flexibility index (Phi) is 4.41. The highest BCUT2D eigenvalue weighted by Gasteiger charge is 2.22. The molecule has 1 heterocycles. The Morgan fingerprint density at radius 1 is 1.26 bits per heavy atom. The number of methoxy groups -OCH3 is 1. The molecule has 1 unspecified atom stereocenters. The Balaban J connectivity index is 2.49. The SMILES string of the molecule is CCNC(c1ccccc1F)c1nccnc1OC. The minimum atomic E-state index is -0.380. The third-order valence-electron chi connectivity index (χ3n) is 2.78. The summed E-state index contributed by atoms with van der Waals surface area (Å²) in [6.07, 6.45) is 3.12. The molecule has 0 aliphatic rings. The molecular weight excluding hydrogens is 245 g/mol. The van der Waals surface area contributed by atoms with Crippen LogP contribution in [0.3, 0.4) is 0 Å². The minimum absolute atomic E-state index is 0.277. The number of aromatic nitrogens is 2. The van der Waals surface area contributed by atoms with Crippen molar-refractivity contribution in [2.24, 2.45) is 0 Å². The Morgan fingerprint density at radius 2 is 2.00 bits per heavy atom. The second kappa shape index (κ2) is 6.24. The summed E-state index contributed by atoms with van der Waals surface area (Å²) in [5.41, 5.74) is 1.11. The molecule has 0 amide bonds. The molecule has 1 aromatic heterocycles. The molecule has 0 fully saturated rings. The Bertz CT molecular complexity index is 548. The molecule has 0 saturated carbocycles. The van der Waals surface area contributed by atoms with E-state index in [-0.39, 0.29) is 11.9 Å². The Morgan fingerprint density at radius 3 is 2.68 bits per heavy atom. The monoisotopic (exact) mass is 261 g/mol. The standard InChI is InChI=1S/C14H16FN3O/c1-3-16-12(10-6-4-5-7-11(10)15)13-14(19-2)18-9-8-17-13/h4-9,12,16H,3H2,1-2H3. The fourth-order valence-corrected chi connectivity index (χ4v) is 1.96. The normalized spacial score (nSPS) is 12.2. The minimum Gasteiger partial charge on any atom is -0.480 e. The van der Waals surface area contributed by atoms with E-state index in [0.29, 0.717) is 23.7 Å². The van der Waals surface area contributed by atoms with Crippen molar-refractivity contribution in [2.75, 3.05) is 13.7 Å². The Labute approximate surface area is 111 Å². The van der Waals surface area contributed by atoms with Gasteiger partial charge in [0.15, 0.2) is 0 Å². The third-order valence-corrected chi connectivity index (χ3v) is 2.78. The number of halogens is 1. The zero-order chi connectivity index (χ0) is 13.7. The van der Waals surface area contributed by atoms with Gasteiger partial charge in [-0.3, -0.25) is 4.98 Å². The van der Waals surface area contributed by atoms with Gasteiger partial charge >= 0.3 is 0 Å². The van der Waals surface area contributed by atoms with Crippen LogP contribution in [-0.2, 0) is 0 Å².